The van der Waals surface area contributed by atoms with Crippen molar-refractivity contribution < 1.29 is 13.9 Å². The smallest absolute Gasteiger partial charge is 0.237 e. The van der Waals surface area contributed by atoms with E-state index in [1.807, 2.05) is 24.0 Å². The summed E-state index contributed by atoms with van der Waals surface area (Å²) in [5.74, 6) is 0.444. The van der Waals surface area contributed by atoms with E-state index in [-0.39, 0.29) is 12.0 Å². The van der Waals surface area contributed by atoms with Crippen LogP contribution in [0.3, 0.4) is 0 Å². The number of halogens is 1. The highest BCUT2D eigenvalue weighted by molar-refractivity contribution is 9.10. The highest BCUT2D eigenvalue weighted by atomic mass is 79.9. The van der Waals surface area contributed by atoms with Crippen LogP contribution in [0.1, 0.15) is 12.7 Å². The fourth-order valence-corrected chi connectivity index (χ4v) is 2.45. The van der Waals surface area contributed by atoms with Crippen LogP contribution < -0.4 is 5.73 Å². The Hall–Kier alpha value is -0.850. The zero-order chi connectivity index (χ0) is 12.4. The molecule has 5 nitrogen and oxygen atoms in total. The Bertz CT molecular complexity index is 407. The van der Waals surface area contributed by atoms with Gasteiger partial charge in [-0.15, -0.1) is 0 Å². The van der Waals surface area contributed by atoms with Crippen molar-refractivity contribution in [3.05, 3.63) is 22.6 Å². The van der Waals surface area contributed by atoms with Crippen LogP contribution >= 0.6 is 15.9 Å². The van der Waals surface area contributed by atoms with E-state index in [4.69, 9.17) is 14.9 Å². The van der Waals surface area contributed by atoms with Crippen LogP contribution in [0.2, 0.25) is 0 Å². The third kappa shape index (κ3) is 2.88. The number of nitrogens with two attached hydrogens (primary N) is 1. The molecule has 0 saturated carbocycles. The van der Waals surface area contributed by atoms with Crippen molar-refractivity contribution in [2.45, 2.75) is 25.6 Å². The molecule has 0 unspecified atom stereocenters. The highest BCUT2D eigenvalue weighted by Crippen LogP contribution is 2.20. The van der Waals surface area contributed by atoms with Gasteiger partial charge in [0.25, 0.3) is 0 Å². The van der Waals surface area contributed by atoms with Gasteiger partial charge in [0.2, 0.25) is 5.91 Å². The van der Waals surface area contributed by atoms with Gasteiger partial charge in [-0.05, 0) is 35.0 Å². The van der Waals surface area contributed by atoms with Gasteiger partial charge in [0, 0.05) is 6.54 Å². The van der Waals surface area contributed by atoms with Gasteiger partial charge in [0.1, 0.15) is 11.8 Å². The Labute approximate surface area is 108 Å². The van der Waals surface area contributed by atoms with Gasteiger partial charge in [-0.1, -0.05) is 0 Å². The highest BCUT2D eigenvalue weighted by Gasteiger charge is 2.34. The molecule has 1 aromatic rings. The predicted molar refractivity (Wildman–Crippen MR) is 65.2 cm³/mol. The lowest BCUT2D eigenvalue weighted by atomic mass is 10.1. The van der Waals surface area contributed by atoms with Crippen LogP contribution in [0, 0.1) is 0 Å². The molecule has 2 N–H and O–H groups in total. The lowest BCUT2D eigenvalue weighted by Crippen LogP contribution is -2.55. The lowest BCUT2D eigenvalue weighted by Gasteiger charge is -2.37. The lowest BCUT2D eigenvalue weighted by molar-refractivity contribution is -0.136. The summed E-state index contributed by atoms with van der Waals surface area (Å²) in [6.07, 6.45) is -0.181. The quantitative estimate of drug-likeness (QED) is 0.908. The third-order valence-electron chi connectivity index (χ3n) is 2.88. The first-order valence-electron chi connectivity index (χ1n) is 5.47. The summed E-state index contributed by atoms with van der Waals surface area (Å²) in [6.45, 7) is 3.70. The van der Waals surface area contributed by atoms with Crippen LogP contribution in [0.25, 0.3) is 0 Å². The Morgan fingerprint density at radius 2 is 2.41 bits per heavy atom. The second kappa shape index (κ2) is 5.20. The fourth-order valence-electron chi connectivity index (χ4n) is 2.11. The Morgan fingerprint density at radius 3 is 3.00 bits per heavy atom. The van der Waals surface area contributed by atoms with Gasteiger partial charge in [-0.3, -0.25) is 9.69 Å². The SMILES string of the molecule is C[C@H]1OCCN(Cc2ccc(Br)o2)[C@@H]1C(N)=O. The topological polar surface area (TPSA) is 68.7 Å². The zero-order valence-electron chi connectivity index (χ0n) is 9.56. The molecule has 1 amide bonds. The van der Waals surface area contributed by atoms with Crippen molar-refractivity contribution in [2.75, 3.05) is 13.2 Å². The van der Waals surface area contributed by atoms with Crippen LogP contribution in [0.15, 0.2) is 21.2 Å². The first-order chi connectivity index (χ1) is 8.08. The van der Waals surface area contributed by atoms with Gasteiger partial charge < -0.3 is 14.9 Å². The molecule has 1 aliphatic rings. The second-order valence-corrected chi connectivity index (χ2v) is 4.88. The van der Waals surface area contributed by atoms with E-state index < -0.39 is 6.04 Å². The molecule has 1 fully saturated rings. The normalized spacial score (nSPS) is 26.0. The van der Waals surface area contributed by atoms with Gasteiger partial charge in [0.05, 0.1) is 19.3 Å². The van der Waals surface area contributed by atoms with Crippen molar-refractivity contribution >= 4 is 21.8 Å². The van der Waals surface area contributed by atoms with Crippen LogP contribution in [0.4, 0.5) is 0 Å². The van der Waals surface area contributed by atoms with E-state index in [1.165, 1.54) is 0 Å². The van der Waals surface area contributed by atoms with Gasteiger partial charge in [0.15, 0.2) is 4.67 Å². The predicted octanol–water partition coefficient (Wildman–Crippen LogP) is 1.12. The molecule has 0 aliphatic carbocycles. The molecule has 1 aromatic heterocycles. The maximum absolute atomic E-state index is 11.4. The van der Waals surface area contributed by atoms with Crippen molar-refractivity contribution in [2.24, 2.45) is 5.73 Å². The largest absolute Gasteiger partial charge is 0.453 e. The summed E-state index contributed by atoms with van der Waals surface area (Å²) >= 11 is 3.25. The van der Waals surface area contributed by atoms with Crippen LogP contribution in [-0.4, -0.2) is 36.1 Å². The first-order valence-corrected chi connectivity index (χ1v) is 6.26. The van der Waals surface area contributed by atoms with Gasteiger partial charge >= 0.3 is 0 Å². The third-order valence-corrected chi connectivity index (χ3v) is 3.30. The molecular weight excluding hydrogens is 288 g/mol. The summed E-state index contributed by atoms with van der Waals surface area (Å²) in [7, 11) is 0. The zero-order valence-corrected chi connectivity index (χ0v) is 11.1. The number of amides is 1. The Kier molecular flexibility index (Phi) is 3.86. The number of ether oxygens (including phenoxy) is 1. The Balaban J connectivity index is 2.09. The number of carbonyl (C=O) groups is 1. The maximum Gasteiger partial charge on any atom is 0.237 e. The molecule has 0 aromatic carbocycles. The Morgan fingerprint density at radius 1 is 1.65 bits per heavy atom. The van der Waals surface area contributed by atoms with Crippen molar-refractivity contribution in [3.8, 4) is 0 Å². The first kappa shape index (κ1) is 12.6. The van der Waals surface area contributed by atoms with Crippen LogP contribution in [-0.2, 0) is 16.1 Å². The standard InChI is InChI=1S/C11H15BrN2O3/c1-7-10(11(13)15)14(4-5-16-7)6-8-2-3-9(12)17-8/h2-3,7,10H,4-6H2,1H3,(H2,13,15)/t7-,10+/m1/s1. The molecule has 94 valence electrons. The van der Waals surface area contributed by atoms with E-state index in [0.29, 0.717) is 24.4 Å². The van der Waals surface area contributed by atoms with Crippen molar-refractivity contribution in [1.29, 1.82) is 0 Å². The number of rotatable bonds is 3. The molecule has 0 radical (unpaired) electrons. The van der Waals surface area contributed by atoms with Crippen molar-refractivity contribution in [1.82, 2.24) is 4.90 Å². The minimum atomic E-state index is -0.396. The molecule has 2 rings (SSSR count). The molecular formula is C11H15BrN2O3. The number of furan rings is 1. The van der Waals surface area contributed by atoms with Gasteiger partial charge in [-0.2, -0.15) is 0 Å². The molecule has 2 heterocycles. The number of carbonyl (C=O) groups excluding carboxylic acids is 1. The second-order valence-electron chi connectivity index (χ2n) is 4.10. The van der Waals surface area contributed by atoms with Gasteiger partial charge in [-0.25, -0.2) is 0 Å². The molecule has 17 heavy (non-hydrogen) atoms. The van der Waals surface area contributed by atoms with E-state index in [0.717, 1.165) is 5.76 Å². The van der Waals surface area contributed by atoms with E-state index >= 15 is 0 Å². The minimum Gasteiger partial charge on any atom is -0.453 e. The minimum absolute atomic E-state index is 0.181. The molecule has 0 spiro atoms. The molecule has 6 heteroatoms. The number of nitrogens with zero attached hydrogens (tertiary/aromatic N) is 1. The summed E-state index contributed by atoms with van der Waals surface area (Å²) < 4.78 is 11.6. The summed E-state index contributed by atoms with van der Waals surface area (Å²) in [5, 5.41) is 0. The van der Waals surface area contributed by atoms with E-state index in [9.17, 15) is 4.79 Å². The van der Waals surface area contributed by atoms with E-state index in [2.05, 4.69) is 15.9 Å². The van der Waals surface area contributed by atoms with E-state index in [1.54, 1.807) is 0 Å². The number of hydrogen-bond acceptors (Lipinski definition) is 4. The summed E-state index contributed by atoms with van der Waals surface area (Å²) in [4.78, 5) is 13.4. The number of primary amides is 1. The summed E-state index contributed by atoms with van der Waals surface area (Å²) in [5.41, 5.74) is 5.41. The fraction of sp³-hybridized carbons (Fsp3) is 0.545. The summed E-state index contributed by atoms with van der Waals surface area (Å²) in [6, 6.07) is 3.31. The van der Waals surface area contributed by atoms with Crippen molar-refractivity contribution in [3.63, 3.8) is 0 Å². The maximum atomic E-state index is 11.4. The monoisotopic (exact) mass is 302 g/mol. The molecule has 1 saturated heterocycles. The van der Waals surface area contributed by atoms with Crippen LogP contribution in [0.5, 0.6) is 0 Å². The average Bonchev–Trinajstić information content (AvgIpc) is 2.63. The number of morpholine rings is 1. The average molecular weight is 303 g/mol. The molecule has 2 atom stereocenters. The molecule has 1 aliphatic heterocycles. The number of hydrogen-bond donors (Lipinski definition) is 1. The molecule has 0 bridgehead atoms.